The van der Waals surface area contributed by atoms with Crippen molar-refractivity contribution in [2.24, 2.45) is 5.92 Å². The van der Waals surface area contributed by atoms with Crippen molar-refractivity contribution >= 4 is 12.1 Å². The van der Waals surface area contributed by atoms with Gasteiger partial charge in [-0.2, -0.15) is 0 Å². The minimum absolute atomic E-state index is 0.0368. The van der Waals surface area contributed by atoms with Crippen LogP contribution < -0.4 is 0 Å². The van der Waals surface area contributed by atoms with Crippen LogP contribution >= 0.6 is 0 Å². The van der Waals surface area contributed by atoms with Crippen molar-refractivity contribution in [3.8, 4) is 0 Å². The second-order valence-electron chi connectivity index (χ2n) is 7.03. The summed E-state index contributed by atoms with van der Waals surface area (Å²) in [6.07, 6.45) is 10.6. The fourth-order valence-corrected chi connectivity index (χ4v) is 2.43. The van der Waals surface area contributed by atoms with Crippen LogP contribution in [0, 0.1) is 5.92 Å². The topological polar surface area (TPSA) is 55.8 Å². The zero-order valence-electron chi connectivity index (χ0n) is 16.8. The van der Waals surface area contributed by atoms with Gasteiger partial charge < -0.3 is 9.47 Å². The second kappa shape index (κ2) is 16.2. The van der Waals surface area contributed by atoms with Gasteiger partial charge >= 0.3 is 12.1 Å². The molecule has 0 aliphatic heterocycles. The first-order chi connectivity index (χ1) is 12.0. The Bertz CT molecular complexity index is 345. The molecule has 25 heavy (non-hydrogen) atoms. The van der Waals surface area contributed by atoms with Gasteiger partial charge in [-0.1, -0.05) is 72.1 Å². The van der Waals surface area contributed by atoms with Gasteiger partial charge in [-0.3, -0.25) is 9.69 Å². The average Bonchev–Trinajstić information content (AvgIpc) is 2.59. The molecule has 0 aromatic heterocycles. The molecule has 0 fully saturated rings. The number of esters is 1. The van der Waals surface area contributed by atoms with Crippen LogP contribution in [-0.2, 0) is 14.3 Å². The van der Waals surface area contributed by atoms with Gasteiger partial charge in [0.2, 0.25) is 0 Å². The Labute approximate surface area is 154 Å². The lowest BCUT2D eigenvalue weighted by molar-refractivity contribution is -0.144. The molecule has 0 rings (SSSR count). The van der Waals surface area contributed by atoms with E-state index in [9.17, 15) is 9.59 Å². The first-order valence-electron chi connectivity index (χ1n) is 10.1. The molecule has 0 saturated heterocycles. The maximum Gasteiger partial charge on any atom is 0.410 e. The third kappa shape index (κ3) is 14.8. The Kier molecular flexibility index (Phi) is 15.4. The van der Waals surface area contributed by atoms with Gasteiger partial charge in [0.25, 0.3) is 0 Å². The van der Waals surface area contributed by atoms with Crippen LogP contribution in [0.4, 0.5) is 4.79 Å². The predicted molar refractivity (Wildman–Crippen MR) is 102 cm³/mol. The highest BCUT2D eigenvalue weighted by atomic mass is 16.6. The molecule has 0 aliphatic rings. The fraction of sp³-hybridized carbons (Fsp3) is 0.900. The Hall–Kier alpha value is -1.26. The van der Waals surface area contributed by atoms with Crippen molar-refractivity contribution in [2.45, 2.75) is 85.5 Å². The van der Waals surface area contributed by atoms with Gasteiger partial charge in [0, 0.05) is 6.54 Å². The average molecular weight is 358 g/mol. The zero-order chi connectivity index (χ0) is 18.9. The Morgan fingerprint density at radius 3 is 1.92 bits per heavy atom. The Morgan fingerprint density at radius 2 is 1.40 bits per heavy atom. The molecule has 0 saturated carbocycles. The van der Waals surface area contributed by atoms with Crippen molar-refractivity contribution in [3.05, 3.63) is 0 Å². The number of hydrogen-bond acceptors (Lipinski definition) is 4. The molecule has 5 heteroatoms. The molecule has 148 valence electrons. The number of rotatable bonds is 15. The largest absolute Gasteiger partial charge is 0.464 e. The number of amides is 1. The number of carbonyl (C=O) groups is 2. The third-order valence-corrected chi connectivity index (χ3v) is 4.01. The lowest BCUT2D eigenvalue weighted by Gasteiger charge is -2.20. The molecule has 0 spiro atoms. The SMILES string of the molecule is CCCCCCCCCCCOC(=O)CN(CC)C(=O)OCC(C)C. The second-order valence-corrected chi connectivity index (χ2v) is 7.03. The van der Waals surface area contributed by atoms with Crippen LogP contribution in [-0.4, -0.2) is 43.3 Å². The van der Waals surface area contributed by atoms with E-state index in [1.165, 1.54) is 49.8 Å². The number of unbranched alkanes of at least 4 members (excludes halogenated alkanes) is 8. The summed E-state index contributed by atoms with van der Waals surface area (Å²) in [6.45, 7) is 9.21. The van der Waals surface area contributed by atoms with E-state index in [1.54, 1.807) is 0 Å². The van der Waals surface area contributed by atoms with E-state index < -0.39 is 6.09 Å². The van der Waals surface area contributed by atoms with Crippen LogP contribution in [0.2, 0.25) is 0 Å². The van der Waals surface area contributed by atoms with Gasteiger partial charge in [-0.25, -0.2) is 4.79 Å². The van der Waals surface area contributed by atoms with Crippen LogP contribution in [0.5, 0.6) is 0 Å². The number of ether oxygens (including phenoxy) is 2. The third-order valence-electron chi connectivity index (χ3n) is 4.01. The van der Waals surface area contributed by atoms with Crippen molar-refractivity contribution in [1.82, 2.24) is 4.90 Å². The molecular weight excluding hydrogens is 318 g/mol. The molecule has 1 amide bonds. The van der Waals surface area contributed by atoms with Crippen LogP contribution in [0.15, 0.2) is 0 Å². The molecule has 0 N–H and O–H groups in total. The minimum Gasteiger partial charge on any atom is -0.464 e. The van der Waals surface area contributed by atoms with Crippen molar-refractivity contribution < 1.29 is 19.1 Å². The van der Waals surface area contributed by atoms with E-state index in [0.29, 0.717) is 19.8 Å². The number of likely N-dealkylation sites (N-methyl/N-ethyl adjacent to an activating group) is 1. The fourth-order valence-electron chi connectivity index (χ4n) is 2.43. The normalized spacial score (nSPS) is 10.8. The summed E-state index contributed by atoms with van der Waals surface area (Å²) < 4.78 is 10.4. The van der Waals surface area contributed by atoms with Crippen LogP contribution in [0.3, 0.4) is 0 Å². The summed E-state index contributed by atoms with van der Waals surface area (Å²) in [6, 6.07) is 0. The van der Waals surface area contributed by atoms with Gasteiger partial charge in [0.05, 0.1) is 13.2 Å². The molecule has 0 bridgehead atoms. The van der Waals surface area contributed by atoms with Gasteiger partial charge in [-0.15, -0.1) is 0 Å². The minimum atomic E-state index is -0.448. The quantitative estimate of drug-likeness (QED) is 0.299. The molecule has 0 radical (unpaired) electrons. The summed E-state index contributed by atoms with van der Waals surface area (Å²) in [5.74, 6) is -0.0795. The van der Waals surface area contributed by atoms with E-state index in [4.69, 9.17) is 9.47 Å². The predicted octanol–water partition coefficient (Wildman–Crippen LogP) is 5.17. The van der Waals surface area contributed by atoms with Crippen molar-refractivity contribution in [3.63, 3.8) is 0 Å². The molecule has 0 aliphatic carbocycles. The molecule has 0 atom stereocenters. The highest BCUT2D eigenvalue weighted by Crippen LogP contribution is 2.09. The van der Waals surface area contributed by atoms with E-state index in [1.807, 2.05) is 20.8 Å². The smallest absolute Gasteiger partial charge is 0.410 e. The first kappa shape index (κ1) is 23.7. The first-order valence-corrected chi connectivity index (χ1v) is 10.1. The summed E-state index contributed by atoms with van der Waals surface area (Å²) in [7, 11) is 0. The Morgan fingerprint density at radius 1 is 0.840 bits per heavy atom. The van der Waals surface area contributed by atoms with E-state index in [2.05, 4.69) is 6.92 Å². The molecule has 0 unspecified atom stereocenters. The van der Waals surface area contributed by atoms with Gasteiger partial charge in [0.1, 0.15) is 6.54 Å². The Balaban J connectivity index is 3.65. The zero-order valence-corrected chi connectivity index (χ0v) is 16.8. The standard InChI is InChI=1S/C20H39NO4/c1-5-7-8-9-10-11-12-13-14-15-24-19(22)16-21(6-2)20(23)25-17-18(3)4/h18H,5-17H2,1-4H3. The monoisotopic (exact) mass is 357 g/mol. The molecular formula is C20H39NO4. The van der Waals surface area contributed by atoms with Crippen molar-refractivity contribution in [2.75, 3.05) is 26.3 Å². The van der Waals surface area contributed by atoms with Gasteiger partial charge in [0.15, 0.2) is 0 Å². The lowest BCUT2D eigenvalue weighted by Crippen LogP contribution is -2.37. The molecule has 0 heterocycles. The number of nitrogens with zero attached hydrogens (tertiary/aromatic N) is 1. The summed E-state index contributed by atoms with van der Waals surface area (Å²) in [4.78, 5) is 25.0. The summed E-state index contributed by atoms with van der Waals surface area (Å²) in [5, 5.41) is 0. The van der Waals surface area contributed by atoms with Crippen LogP contribution in [0.1, 0.15) is 85.5 Å². The van der Waals surface area contributed by atoms with Gasteiger partial charge in [-0.05, 0) is 19.3 Å². The maximum absolute atomic E-state index is 11.9. The number of hydrogen-bond donors (Lipinski definition) is 0. The summed E-state index contributed by atoms with van der Waals surface area (Å²) in [5.41, 5.74) is 0. The van der Waals surface area contributed by atoms with E-state index in [-0.39, 0.29) is 18.4 Å². The molecule has 5 nitrogen and oxygen atoms in total. The van der Waals surface area contributed by atoms with Crippen molar-refractivity contribution in [1.29, 1.82) is 0 Å². The molecule has 0 aromatic rings. The summed E-state index contributed by atoms with van der Waals surface area (Å²) >= 11 is 0. The number of carbonyl (C=O) groups excluding carboxylic acids is 2. The van der Waals surface area contributed by atoms with E-state index in [0.717, 1.165) is 12.8 Å². The van der Waals surface area contributed by atoms with E-state index >= 15 is 0 Å². The molecule has 0 aromatic carbocycles. The highest BCUT2D eigenvalue weighted by molar-refractivity contribution is 5.78. The maximum atomic E-state index is 11.9. The van der Waals surface area contributed by atoms with Crippen LogP contribution in [0.25, 0.3) is 0 Å². The lowest BCUT2D eigenvalue weighted by atomic mass is 10.1. The highest BCUT2D eigenvalue weighted by Gasteiger charge is 2.17.